The van der Waals surface area contributed by atoms with Gasteiger partial charge in [-0.15, -0.1) is 0 Å². The number of para-hydroxylation sites is 2. The molecule has 0 spiro atoms. The van der Waals surface area contributed by atoms with Crippen molar-refractivity contribution in [3.63, 3.8) is 0 Å². The van der Waals surface area contributed by atoms with Crippen molar-refractivity contribution >= 4 is 17.0 Å². The van der Waals surface area contributed by atoms with Crippen molar-refractivity contribution in [3.8, 4) is 0 Å². The summed E-state index contributed by atoms with van der Waals surface area (Å²) >= 11 is 0. The molecule has 1 atom stereocenters. The SMILES string of the molecule is CC(C)C(C(=O)O)n1c(C2CCCCC2)nc2ccccc21. The van der Waals surface area contributed by atoms with Crippen LogP contribution in [0.2, 0.25) is 0 Å². The predicted octanol–water partition coefficient (Wildman–Crippen LogP) is 4.37. The first-order valence-corrected chi connectivity index (χ1v) is 8.29. The summed E-state index contributed by atoms with van der Waals surface area (Å²) in [4.78, 5) is 16.7. The highest BCUT2D eigenvalue weighted by Gasteiger charge is 2.31. The van der Waals surface area contributed by atoms with E-state index in [1.165, 1.54) is 19.3 Å². The molecular formula is C18H24N2O2. The molecule has 4 heteroatoms. The largest absolute Gasteiger partial charge is 0.480 e. The second-order valence-corrected chi connectivity index (χ2v) is 6.69. The Kier molecular flexibility index (Phi) is 4.19. The van der Waals surface area contributed by atoms with Crippen LogP contribution in [0.3, 0.4) is 0 Å². The molecule has 0 aliphatic heterocycles. The Morgan fingerprint density at radius 2 is 1.91 bits per heavy atom. The van der Waals surface area contributed by atoms with Gasteiger partial charge >= 0.3 is 5.97 Å². The van der Waals surface area contributed by atoms with E-state index in [4.69, 9.17) is 4.98 Å². The van der Waals surface area contributed by atoms with Crippen molar-refractivity contribution in [1.82, 2.24) is 9.55 Å². The molecule has 1 aromatic heterocycles. The molecule has 2 aromatic rings. The van der Waals surface area contributed by atoms with E-state index >= 15 is 0 Å². The minimum Gasteiger partial charge on any atom is -0.480 e. The zero-order valence-electron chi connectivity index (χ0n) is 13.3. The molecule has 1 saturated carbocycles. The highest BCUT2D eigenvalue weighted by atomic mass is 16.4. The van der Waals surface area contributed by atoms with Crippen LogP contribution in [0.1, 0.15) is 63.7 Å². The van der Waals surface area contributed by atoms with Gasteiger partial charge in [0.2, 0.25) is 0 Å². The van der Waals surface area contributed by atoms with Gasteiger partial charge in [-0.05, 0) is 30.9 Å². The van der Waals surface area contributed by atoms with Crippen molar-refractivity contribution in [2.75, 3.05) is 0 Å². The number of hydrogen-bond acceptors (Lipinski definition) is 2. The third-order valence-corrected chi connectivity index (χ3v) is 4.76. The summed E-state index contributed by atoms with van der Waals surface area (Å²) in [7, 11) is 0. The van der Waals surface area contributed by atoms with E-state index in [0.29, 0.717) is 5.92 Å². The minimum absolute atomic E-state index is 0.0254. The Balaban J connectivity index is 2.17. The lowest BCUT2D eigenvalue weighted by atomic mass is 9.88. The fourth-order valence-electron chi connectivity index (χ4n) is 3.70. The van der Waals surface area contributed by atoms with Crippen molar-refractivity contribution in [1.29, 1.82) is 0 Å². The second kappa shape index (κ2) is 6.11. The molecule has 0 saturated heterocycles. The molecule has 1 aliphatic carbocycles. The Morgan fingerprint density at radius 1 is 1.23 bits per heavy atom. The van der Waals surface area contributed by atoms with Gasteiger partial charge in [-0.1, -0.05) is 45.2 Å². The average Bonchev–Trinajstić information content (AvgIpc) is 2.87. The normalized spacial score (nSPS) is 18.0. The standard InChI is InChI=1S/C18H24N2O2/c1-12(2)16(18(21)22)20-15-11-7-6-10-14(15)19-17(20)13-8-4-3-5-9-13/h6-7,10-13,16H,3-5,8-9H2,1-2H3,(H,21,22). The Hall–Kier alpha value is -1.84. The third kappa shape index (κ3) is 2.62. The van der Waals surface area contributed by atoms with Gasteiger partial charge in [-0.2, -0.15) is 0 Å². The molecule has 1 unspecified atom stereocenters. The van der Waals surface area contributed by atoms with Crippen LogP contribution < -0.4 is 0 Å². The summed E-state index contributed by atoms with van der Waals surface area (Å²) in [6.45, 7) is 3.94. The molecule has 1 aromatic carbocycles. The van der Waals surface area contributed by atoms with Crippen LogP contribution in [0.15, 0.2) is 24.3 Å². The molecule has 0 bridgehead atoms. The molecule has 0 radical (unpaired) electrons. The molecule has 1 N–H and O–H groups in total. The lowest BCUT2D eigenvalue weighted by Gasteiger charge is -2.26. The van der Waals surface area contributed by atoms with Crippen molar-refractivity contribution in [3.05, 3.63) is 30.1 Å². The van der Waals surface area contributed by atoms with Crippen LogP contribution in [0.4, 0.5) is 0 Å². The number of benzene rings is 1. The molecule has 22 heavy (non-hydrogen) atoms. The number of nitrogens with zero attached hydrogens (tertiary/aromatic N) is 2. The summed E-state index contributed by atoms with van der Waals surface area (Å²) in [5.41, 5.74) is 1.86. The lowest BCUT2D eigenvalue weighted by Crippen LogP contribution is -2.27. The molecule has 1 aliphatic rings. The van der Waals surface area contributed by atoms with E-state index < -0.39 is 12.0 Å². The summed E-state index contributed by atoms with van der Waals surface area (Å²) in [6.07, 6.45) is 5.95. The van der Waals surface area contributed by atoms with Crippen LogP contribution in [0.25, 0.3) is 11.0 Å². The van der Waals surface area contributed by atoms with Crippen molar-refractivity contribution in [2.45, 2.75) is 57.9 Å². The van der Waals surface area contributed by atoms with Crippen molar-refractivity contribution < 1.29 is 9.90 Å². The van der Waals surface area contributed by atoms with E-state index in [0.717, 1.165) is 29.7 Å². The fraction of sp³-hybridized carbons (Fsp3) is 0.556. The molecule has 118 valence electrons. The monoisotopic (exact) mass is 300 g/mol. The molecule has 4 nitrogen and oxygen atoms in total. The van der Waals surface area contributed by atoms with Crippen molar-refractivity contribution in [2.24, 2.45) is 5.92 Å². The van der Waals surface area contributed by atoms with Crippen LogP contribution in [0.5, 0.6) is 0 Å². The molecule has 3 rings (SSSR count). The summed E-state index contributed by atoms with van der Waals surface area (Å²) < 4.78 is 2.00. The lowest BCUT2D eigenvalue weighted by molar-refractivity contribution is -0.142. The van der Waals surface area contributed by atoms with Gasteiger partial charge in [-0.25, -0.2) is 9.78 Å². The summed E-state index contributed by atoms with van der Waals surface area (Å²) in [5, 5.41) is 9.75. The number of carbonyl (C=O) groups is 1. The number of carboxylic acid groups (broad SMARTS) is 1. The first-order chi connectivity index (χ1) is 10.6. The highest BCUT2D eigenvalue weighted by Crippen LogP contribution is 2.36. The molecule has 1 fully saturated rings. The van der Waals surface area contributed by atoms with Gasteiger partial charge in [0.25, 0.3) is 0 Å². The fourth-order valence-corrected chi connectivity index (χ4v) is 3.70. The summed E-state index contributed by atoms with van der Waals surface area (Å²) in [6, 6.07) is 7.36. The van der Waals surface area contributed by atoms with Gasteiger partial charge in [0.15, 0.2) is 0 Å². The second-order valence-electron chi connectivity index (χ2n) is 6.69. The number of imidazole rings is 1. The van der Waals surface area contributed by atoms with E-state index in [-0.39, 0.29) is 5.92 Å². The minimum atomic E-state index is -0.768. The maximum Gasteiger partial charge on any atom is 0.327 e. The van der Waals surface area contributed by atoms with E-state index in [1.807, 2.05) is 42.7 Å². The van der Waals surface area contributed by atoms with Gasteiger partial charge in [0.05, 0.1) is 11.0 Å². The summed E-state index contributed by atoms with van der Waals surface area (Å²) in [5.74, 6) is 0.622. The number of hydrogen-bond donors (Lipinski definition) is 1. The maximum atomic E-state index is 11.9. The predicted molar refractivity (Wildman–Crippen MR) is 87.1 cm³/mol. The highest BCUT2D eigenvalue weighted by molar-refractivity contribution is 5.80. The van der Waals surface area contributed by atoms with Crippen LogP contribution in [-0.2, 0) is 4.79 Å². The Morgan fingerprint density at radius 3 is 2.55 bits per heavy atom. The zero-order valence-corrected chi connectivity index (χ0v) is 13.3. The Bertz CT molecular complexity index is 669. The van der Waals surface area contributed by atoms with Gasteiger partial charge < -0.3 is 9.67 Å². The van der Waals surface area contributed by atoms with Crippen LogP contribution in [0, 0.1) is 5.92 Å². The molecule has 0 amide bonds. The topological polar surface area (TPSA) is 55.1 Å². The average molecular weight is 300 g/mol. The molecule has 1 heterocycles. The third-order valence-electron chi connectivity index (χ3n) is 4.76. The quantitative estimate of drug-likeness (QED) is 0.912. The van der Waals surface area contributed by atoms with Crippen LogP contribution >= 0.6 is 0 Å². The van der Waals surface area contributed by atoms with E-state index in [2.05, 4.69) is 0 Å². The number of carboxylic acids is 1. The first-order valence-electron chi connectivity index (χ1n) is 8.29. The number of aliphatic carboxylic acids is 1. The maximum absolute atomic E-state index is 11.9. The molecular weight excluding hydrogens is 276 g/mol. The number of aromatic nitrogens is 2. The van der Waals surface area contributed by atoms with Crippen LogP contribution in [-0.4, -0.2) is 20.6 Å². The Labute approximate surface area is 131 Å². The number of fused-ring (bicyclic) bond motifs is 1. The van der Waals surface area contributed by atoms with E-state index in [1.54, 1.807) is 0 Å². The number of rotatable bonds is 4. The van der Waals surface area contributed by atoms with Gasteiger partial charge in [0.1, 0.15) is 11.9 Å². The van der Waals surface area contributed by atoms with Gasteiger partial charge in [-0.3, -0.25) is 0 Å². The van der Waals surface area contributed by atoms with E-state index in [9.17, 15) is 9.90 Å². The smallest absolute Gasteiger partial charge is 0.327 e. The zero-order chi connectivity index (χ0) is 15.7. The van der Waals surface area contributed by atoms with Gasteiger partial charge in [0, 0.05) is 5.92 Å². The first kappa shape index (κ1) is 15.1.